The number of urea groups is 1. The van der Waals surface area contributed by atoms with Gasteiger partial charge in [0.05, 0.1) is 5.69 Å². The number of imide groups is 1. The number of carbonyl (C=O) groups excluding carboxylic acids is 3. The molecule has 2 fully saturated rings. The van der Waals surface area contributed by atoms with Crippen molar-refractivity contribution in [2.24, 2.45) is 7.05 Å². The first-order valence-electron chi connectivity index (χ1n) is 9.23. The van der Waals surface area contributed by atoms with Crippen LogP contribution in [0.1, 0.15) is 33.6 Å². The molecule has 0 saturated carbocycles. The fourth-order valence-corrected chi connectivity index (χ4v) is 3.72. The summed E-state index contributed by atoms with van der Waals surface area (Å²) in [5.41, 5.74) is -1.40. The Labute approximate surface area is 163 Å². The number of likely N-dealkylation sites (N-methyl/N-ethyl adjacent to an activating group) is 1. The van der Waals surface area contributed by atoms with Gasteiger partial charge in [-0.2, -0.15) is 0 Å². The first-order chi connectivity index (χ1) is 13.0. The van der Waals surface area contributed by atoms with Crippen molar-refractivity contribution in [2.75, 3.05) is 25.0 Å². The van der Waals surface area contributed by atoms with Gasteiger partial charge < -0.3 is 14.2 Å². The summed E-state index contributed by atoms with van der Waals surface area (Å²) < 4.78 is 6.78. The molecule has 2 aliphatic rings. The second-order valence-corrected chi connectivity index (χ2v) is 8.32. The summed E-state index contributed by atoms with van der Waals surface area (Å²) in [5, 5.41) is 0. The summed E-state index contributed by atoms with van der Waals surface area (Å²) in [6.07, 6.45) is 1.71. The summed E-state index contributed by atoms with van der Waals surface area (Å²) in [7, 11) is 3.05. The van der Waals surface area contributed by atoms with Gasteiger partial charge in [-0.1, -0.05) is 0 Å². The Bertz CT molecular complexity index is 877. The summed E-state index contributed by atoms with van der Waals surface area (Å²) in [5.74, 6) is -0.296. The number of rotatable bonds is 1. The monoisotopic (exact) mass is 390 g/mol. The first kappa shape index (κ1) is 19.9. The van der Waals surface area contributed by atoms with E-state index in [0.29, 0.717) is 31.6 Å². The molecule has 0 bridgehead atoms. The molecule has 2 aliphatic heterocycles. The highest BCUT2D eigenvalue weighted by Crippen LogP contribution is 2.40. The van der Waals surface area contributed by atoms with Crippen LogP contribution < -0.4 is 10.5 Å². The van der Waals surface area contributed by atoms with Gasteiger partial charge in [0.15, 0.2) is 0 Å². The van der Waals surface area contributed by atoms with Crippen LogP contribution in [0, 0.1) is 0 Å². The number of hydrogen-bond acceptors (Lipinski definition) is 5. The molecule has 3 heterocycles. The van der Waals surface area contributed by atoms with E-state index in [2.05, 4.69) is 0 Å². The molecular weight excluding hydrogens is 364 g/mol. The molecule has 2 saturated heterocycles. The number of ether oxygens (including phenoxy) is 1. The van der Waals surface area contributed by atoms with Crippen LogP contribution in [0.25, 0.3) is 0 Å². The highest BCUT2D eigenvalue weighted by Gasteiger charge is 2.58. The number of aryl methyl sites for hydroxylation is 1. The lowest BCUT2D eigenvalue weighted by Gasteiger charge is -2.42. The quantitative estimate of drug-likeness (QED) is 0.679. The summed E-state index contributed by atoms with van der Waals surface area (Å²) in [6.45, 7) is 5.98. The summed E-state index contributed by atoms with van der Waals surface area (Å²) >= 11 is 0. The van der Waals surface area contributed by atoms with Crippen molar-refractivity contribution < 1.29 is 19.1 Å². The average Bonchev–Trinajstić information content (AvgIpc) is 2.78. The van der Waals surface area contributed by atoms with Crippen molar-refractivity contribution in [3.63, 3.8) is 0 Å². The third-order valence-electron chi connectivity index (χ3n) is 5.18. The second kappa shape index (κ2) is 6.65. The van der Waals surface area contributed by atoms with Gasteiger partial charge >= 0.3 is 12.1 Å². The maximum atomic E-state index is 13.0. The third-order valence-corrected chi connectivity index (χ3v) is 5.18. The maximum Gasteiger partial charge on any atom is 0.410 e. The zero-order valence-corrected chi connectivity index (χ0v) is 16.9. The minimum atomic E-state index is -1.07. The molecule has 28 heavy (non-hydrogen) atoms. The predicted molar refractivity (Wildman–Crippen MR) is 102 cm³/mol. The zero-order valence-electron chi connectivity index (χ0n) is 16.9. The smallest absolute Gasteiger partial charge is 0.410 e. The van der Waals surface area contributed by atoms with Crippen LogP contribution in [0.5, 0.6) is 0 Å². The van der Waals surface area contributed by atoms with E-state index in [9.17, 15) is 19.2 Å². The summed E-state index contributed by atoms with van der Waals surface area (Å²) in [4.78, 5) is 54.0. The highest BCUT2D eigenvalue weighted by atomic mass is 16.6. The van der Waals surface area contributed by atoms with Crippen molar-refractivity contribution >= 4 is 23.7 Å². The van der Waals surface area contributed by atoms with E-state index in [4.69, 9.17) is 4.74 Å². The Kier molecular flexibility index (Phi) is 4.73. The van der Waals surface area contributed by atoms with Crippen LogP contribution in [0.3, 0.4) is 0 Å². The standard InChI is InChI=1S/C19H26N4O5/c1-18(2,3)28-17(27)22-10-8-19(9-11-22)15(25)21(5)16(26)23(19)13-6-7-14(24)20(4)12-13/h6-7,12H,8-11H2,1-5H3. The van der Waals surface area contributed by atoms with E-state index in [-0.39, 0.29) is 11.5 Å². The molecule has 0 N–H and O–H groups in total. The number of piperidine rings is 1. The molecule has 1 aromatic heterocycles. The van der Waals surface area contributed by atoms with Crippen LogP contribution in [-0.2, 0) is 16.6 Å². The number of aromatic nitrogens is 1. The van der Waals surface area contributed by atoms with Gasteiger partial charge in [0, 0.05) is 39.4 Å². The minimum absolute atomic E-state index is 0.205. The number of hydrogen-bond donors (Lipinski definition) is 0. The Morgan fingerprint density at radius 1 is 1.07 bits per heavy atom. The van der Waals surface area contributed by atoms with E-state index >= 15 is 0 Å². The van der Waals surface area contributed by atoms with Crippen molar-refractivity contribution in [2.45, 2.75) is 44.8 Å². The van der Waals surface area contributed by atoms with E-state index in [0.717, 1.165) is 4.90 Å². The van der Waals surface area contributed by atoms with Crippen molar-refractivity contribution in [3.05, 3.63) is 28.7 Å². The lowest BCUT2D eigenvalue weighted by atomic mass is 9.85. The van der Waals surface area contributed by atoms with Gasteiger partial charge in [0.2, 0.25) is 5.56 Å². The minimum Gasteiger partial charge on any atom is -0.444 e. The zero-order chi connectivity index (χ0) is 20.9. The number of carbonyl (C=O) groups is 3. The van der Waals surface area contributed by atoms with Gasteiger partial charge in [0.25, 0.3) is 5.91 Å². The number of pyridine rings is 1. The molecule has 3 rings (SSSR count). The maximum absolute atomic E-state index is 13.0. The Morgan fingerprint density at radius 3 is 2.21 bits per heavy atom. The first-order valence-corrected chi connectivity index (χ1v) is 9.23. The topological polar surface area (TPSA) is 92.2 Å². The van der Waals surface area contributed by atoms with Gasteiger partial charge in [-0.15, -0.1) is 0 Å². The van der Waals surface area contributed by atoms with Crippen LogP contribution >= 0.6 is 0 Å². The molecule has 9 nitrogen and oxygen atoms in total. The molecule has 0 aliphatic carbocycles. The van der Waals surface area contributed by atoms with Gasteiger partial charge in [-0.3, -0.25) is 19.4 Å². The molecule has 1 aromatic rings. The van der Waals surface area contributed by atoms with Crippen LogP contribution in [0.15, 0.2) is 23.1 Å². The molecule has 0 atom stereocenters. The Balaban J connectivity index is 1.89. The lowest BCUT2D eigenvalue weighted by Crippen LogP contribution is -2.58. The average molecular weight is 390 g/mol. The molecule has 0 aromatic carbocycles. The van der Waals surface area contributed by atoms with Gasteiger partial charge in [-0.25, -0.2) is 9.59 Å². The molecule has 9 heteroatoms. The van der Waals surface area contributed by atoms with E-state index in [1.807, 2.05) is 0 Å². The number of amides is 4. The van der Waals surface area contributed by atoms with E-state index < -0.39 is 23.3 Å². The Morgan fingerprint density at radius 2 is 1.68 bits per heavy atom. The largest absolute Gasteiger partial charge is 0.444 e. The van der Waals surface area contributed by atoms with Crippen molar-refractivity contribution in [1.29, 1.82) is 0 Å². The van der Waals surface area contributed by atoms with Crippen molar-refractivity contribution in [3.8, 4) is 0 Å². The van der Waals surface area contributed by atoms with E-state index in [1.165, 1.54) is 22.6 Å². The summed E-state index contributed by atoms with van der Waals surface area (Å²) in [6, 6.07) is 2.48. The molecule has 0 radical (unpaired) electrons. The molecule has 0 unspecified atom stereocenters. The van der Waals surface area contributed by atoms with E-state index in [1.54, 1.807) is 45.0 Å². The molecule has 1 spiro atoms. The fourth-order valence-electron chi connectivity index (χ4n) is 3.72. The van der Waals surface area contributed by atoms with Crippen LogP contribution in [-0.4, -0.2) is 63.7 Å². The normalized spacial score (nSPS) is 19.5. The third kappa shape index (κ3) is 3.25. The second-order valence-electron chi connectivity index (χ2n) is 8.32. The number of anilines is 1. The molecule has 4 amide bonds. The fraction of sp³-hybridized carbons (Fsp3) is 0.579. The SMILES string of the molecule is CN1C(=O)N(c2ccc(=O)n(C)c2)C2(CCN(C(=O)OC(C)(C)C)CC2)C1=O. The molecule has 152 valence electrons. The van der Waals surface area contributed by atoms with Crippen LogP contribution in [0.4, 0.5) is 15.3 Å². The number of likely N-dealkylation sites (tertiary alicyclic amines) is 1. The van der Waals surface area contributed by atoms with Gasteiger partial charge in [0.1, 0.15) is 11.1 Å². The molecular formula is C19H26N4O5. The number of nitrogens with zero attached hydrogens (tertiary/aromatic N) is 4. The van der Waals surface area contributed by atoms with Crippen LogP contribution in [0.2, 0.25) is 0 Å². The Hall–Kier alpha value is -2.84. The van der Waals surface area contributed by atoms with Crippen molar-refractivity contribution in [1.82, 2.24) is 14.4 Å². The van der Waals surface area contributed by atoms with Gasteiger partial charge in [-0.05, 0) is 39.7 Å². The predicted octanol–water partition coefficient (Wildman–Crippen LogP) is 1.55. The highest BCUT2D eigenvalue weighted by molar-refractivity contribution is 6.16. The lowest BCUT2D eigenvalue weighted by molar-refractivity contribution is -0.131.